The molecular weight excluding hydrogens is 412 g/mol. The third kappa shape index (κ3) is 3.41. The average molecular weight is 428 g/mol. The largest absolute Gasteiger partial charge is 0.491 e. The molecule has 2 aromatic rings. The highest BCUT2D eigenvalue weighted by Gasteiger charge is 2.43. The summed E-state index contributed by atoms with van der Waals surface area (Å²) in [6.45, 7) is 0.0404. The maximum atomic E-state index is 13.3. The first-order chi connectivity index (χ1) is 13.9. The van der Waals surface area contributed by atoms with Crippen LogP contribution in [-0.2, 0) is 16.1 Å². The molecule has 12 heteroatoms. The van der Waals surface area contributed by atoms with Crippen LogP contribution in [0.25, 0.3) is 11.4 Å². The van der Waals surface area contributed by atoms with Crippen molar-refractivity contribution >= 4 is 35.1 Å². The highest BCUT2D eigenvalue weighted by molar-refractivity contribution is 6.32. The molecule has 1 fully saturated rings. The van der Waals surface area contributed by atoms with E-state index < -0.39 is 31.1 Å². The smallest absolute Gasteiger partial charge is 0.416 e. The number of nitrogens with two attached hydrogens (primary N) is 1. The first kappa shape index (κ1) is 19.2. The zero-order valence-electron chi connectivity index (χ0n) is 14.9. The minimum absolute atomic E-state index is 0.0388. The molecule has 2 aliphatic rings. The molecule has 0 radical (unpaired) electrons. The van der Waals surface area contributed by atoms with Crippen molar-refractivity contribution in [2.75, 3.05) is 30.0 Å². The zero-order chi connectivity index (χ0) is 20.7. The van der Waals surface area contributed by atoms with Gasteiger partial charge >= 0.3 is 6.09 Å². The lowest BCUT2D eigenvalue weighted by atomic mass is 10.1. The Balaban J connectivity index is 1.74. The van der Waals surface area contributed by atoms with Crippen LogP contribution in [0.1, 0.15) is 0 Å². The number of carbonyl (C=O) groups excluding carboxylic acids is 2. The van der Waals surface area contributed by atoms with Gasteiger partial charge in [-0.3, -0.25) is 4.79 Å². The number of anilines is 2. The van der Waals surface area contributed by atoms with Gasteiger partial charge in [-0.2, -0.15) is 0 Å². The van der Waals surface area contributed by atoms with Crippen LogP contribution in [0.4, 0.5) is 25.1 Å². The number of primary amides is 1. The third-order valence-electron chi connectivity index (χ3n) is 4.58. The number of imidazole rings is 1. The summed E-state index contributed by atoms with van der Waals surface area (Å²) in [5.74, 6) is 0.227. The van der Waals surface area contributed by atoms with Gasteiger partial charge in [0.2, 0.25) is 5.91 Å². The molecule has 3 N–H and O–H groups in total. The number of aromatic nitrogens is 2. The van der Waals surface area contributed by atoms with Crippen LogP contribution in [-0.4, -0.2) is 53.8 Å². The fraction of sp³-hybridized carbons (Fsp3) is 0.353. The fourth-order valence-electron chi connectivity index (χ4n) is 3.22. The summed E-state index contributed by atoms with van der Waals surface area (Å²) in [7, 11) is 0. The van der Waals surface area contributed by atoms with E-state index in [0.717, 1.165) is 4.90 Å². The van der Waals surface area contributed by atoms with E-state index in [1.165, 1.54) is 0 Å². The SMILES string of the molecule is NC(=O)CNc1ccc2c(c1)OCCn1c-2nc(N2C(=O)OCC2C(F)F)c1Cl. The Morgan fingerprint density at radius 1 is 1.41 bits per heavy atom. The molecule has 1 saturated heterocycles. The number of carbonyl (C=O) groups is 2. The molecule has 4 rings (SSSR count). The van der Waals surface area contributed by atoms with Crippen molar-refractivity contribution in [1.82, 2.24) is 9.55 Å². The minimum atomic E-state index is -2.81. The van der Waals surface area contributed by atoms with Crippen molar-refractivity contribution < 1.29 is 27.8 Å². The molecule has 1 aromatic carbocycles. The second-order valence-electron chi connectivity index (χ2n) is 6.43. The van der Waals surface area contributed by atoms with Gasteiger partial charge in [0.05, 0.1) is 18.7 Å². The summed E-state index contributed by atoms with van der Waals surface area (Å²) in [6.07, 6.45) is -3.73. The molecule has 1 unspecified atom stereocenters. The van der Waals surface area contributed by atoms with E-state index in [0.29, 0.717) is 29.4 Å². The summed E-state index contributed by atoms with van der Waals surface area (Å²) in [6, 6.07) is 3.59. The van der Waals surface area contributed by atoms with Gasteiger partial charge in [0.1, 0.15) is 30.8 Å². The molecule has 0 aliphatic carbocycles. The minimum Gasteiger partial charge on any atom is -0.491 e. The molecule has 1 aromatic heterocycles. The Bertz CT molecular complexity index is 983. The molecule has 0 saturated carbocycles. The van der Waals surface area contributed by atoms with Gasteiger partial charge in [0.25, 0.3) is 6.43 Å². The zero-order valence-corrected chi connectivity index (χ0v) is 15.7. The summed E-state index contributed by atoms with van der Waals surface area (Å²) >= 11 is 6.40. The van der Waals surface area contributed by atoms with Crippen molar-refractivity contribution in [1.29, 1.82) is 0 Å². The number of fused-ring (bicyclic) bond motifs is 3. The van der Waals surface area contributed by atoms with Crippen LogP contribution < -0.4 is 20.7 Å². The molecule has 1 atom stereocenters. The topological polar surface area (TPSA) is 112 Å². The molecule has 154 valence electrons. The van der Waals surface area contributed by atoms with Crippen LogP contribution in [0.15, 0.2) is 18.2 Å². The number of hydrogen-bond acceptors (Lipinski definition) is 6. The maximum Gasteiger partial charge on any atom is 0.416 e. The Morgan fingerprint density at radius 3 is 2.93 bits per heavy atom. The Labute approximate surface area is 168 Å². The monoisotopic (exact) mass is 427 g/mol. The van der Waals surface area contributed by atoms with Crippen LogP contribution in [0.2, 0.25) is 5.15 Å². The highest BCUT2D eigenvalue weighted by atomic mass is 35.5. The third-order valence-corrected chi connectivity index (χ3v) is 4.95. The Hall–Kier alpha value is -3.08. The quantitative estimate of drug-likeness (QED) is 0.755. The number of amides is 2. The molecule has 9 nitrogen and oxygen atoms in total. The molecular formula is C17H16ClF2N5O4. The second kappa shape index (κ2) is 7.39. The summed E-state index contributed by atoms with van der Waals surface area (Å²) < 4.78 is 38.8. The van der Waals surface area contributed by atoms with E-state index in [1.54, 1.807) is 22.8 Å². The van der Waals surface area contributed by atoms with E-state index in [9.17, 15) is 18.4 Å². The molecule has 0 spiro atoms. The number of halogens is 3. The molecule has 2 amide bonds. The second-order valence-corrected chi connectivity index (χ2v) is 6.79. The van der Waals surface area contributed by atoms with Crippen LogP contribution in [0, 0.1) is 0 Å². The maximum absolute atomic E-state index is 13.3. The Kier molecular flexibility index (Phi) is 4.91. The van der Waals surface area contributed by atoms with Gasteiger partial charge in [-0.25, -0.2) is 23.5 Å². The predicted molar refractivity (Wildman–Crippen MR) is 99.5 cm³/mol. The van der Waals surface area contributed by atoms with E-state index in [1.807, 2.05) is 0 Å². The van der Waals surface area contributed by atoms with Crippen molar-refractivity contribution in [3.05, 3.63) is 23.4 Å². The number of cyclic esters (lactones) is 1. The average Bonchev–Trinajstić information content (AvgIpc) is 3.14. The molecule has 29 heavy (non-hydrogen) atoms. The number of alkyl halides is 2. The first-order valence-corrected chi connectivity index (χ1v) is 9.04. The summed E-state index contributed by atoms with van der Waals surface area (Å²) in [4.78, 5) is 28.1. The van der Waals surface area contributed by atoms with Gasteiger partial charge in [0.15, 0.2) is 11.0 Å². The predicted octanol–water partition coefficient (Wildman–Crippen LogP) is 2.08. The number of nitrogens with zero attached hydrogens (tertiary/aromatic N) is 3. The van der Waals surface area contributed by atoms with Crippen molar-refractivity contribution in [2.45, 2.75) is 19.0 Å². The van der Waals surface area contributed by atoms with Gasteiger partial charge in [-0.05, 0) is 12.1 Å². The number of hydrogen-bond donors (Lipinski definition) is 2. The van der Waals surface area contributed by atoms with Crippen molar-refractivity contribution in [3.63, 3.8) is 0 Å². The van der Waals surface area contributed by atoms with Gasteiger partial charge in [-0.1, -0.05) is 11.6 Å². The molecule has 3 heterocycles. The Morgan fingerprint density at radius 2 is 2.21 bits per heavy atom. The van der Waals surface area contributed by atoms with Crippen molar-refractivity contribution in [3.8, 4) is 17.1 Å². The fourth-order valence-corrected chi connectivity index (χ4v) is 3.52. The summed E-state index contributed by atoms with van der Waals surface area (Å²) in [5, 5.41) is 2.90. The van der Waals surface area contributed by atoms with E-state index in [2.05, 4.69) is 10.3 Å². The standard InChI is InChI=1S/C17H16ClF2N5O4/c18-13-16(25-10(14(19)20)7-29-17(25)27)23-15-9-2-1-8(22-6-12(21)26)5-11(9)28-4-3-24(13)15/h1-2,5,10,14,22H,3-4,6-7H2,(H2,21,26). The van der Waals surface area contributed by atoms with E-state index >= 15 is 0 Å². The molecule has 0 bridgehead atoms. The number of benzene rings is 1. The van der Waals surface area contributed by atoms with E-state index in [-0.39, 0.29) is 24.1 Å². The van der Waals surface area contributed by atoms with Gasteiger partial charge in [0, 0.05) is 11.8 Å². The highest BCUT2D eigenvalue weighted by Crippen LogP contribution is 2.40. The lowest BCUT2D eigenvalue weighted by molar-refractivity contribution is -0.116. The summed E-state index contributed by atoms with van der Waals surface area (Å²) in [5.41, 5.74) is 6.30. The van der Waals surface area contributed by atoms with Gasteiger partial charge in [-0.15, -0.1) is 0 Å². The lowest BCUT2D eigenvalue weighted by Crippen LogP contribution is -2.39. The van der Waals surface area contributed by atoms with Gasteiger partial charge < -0.3 is 25.1 Å². The van der Waals surface area contributed by atoms with Crippen LogP contribution in [0.5, 0.6) is 5.75 Å². The van der Waals surface area contributed by atoms with E-state index in [4.69, 9.17) is 26.8 Å². The lowest BCUT2D eigenvalue weighted by Gasteiger charge is -2.18. The first-order valence-electron chi connectivity index (χ1n) is 8.66. The molecule has 2 aliphatic heterocycles. The van der Waals surface area contributed by atoms with Crippen molar-refractivity contribution in [2.24, 2.45) is 5.73 Å². The number of ether oxygens (including phenoxy) is 2. The number of nitrogens with one attached hydrogen (secondary N) is 1. The van der Waals surface area contributed by atoms with Crippen LogP contribution >= 0.6 is 11.6 Å². The number of rotatable bonds is 5. The normalized spacial score (nSPS) is 18.0. The van der Waals surface area contributed by atoms with Crippen LogP contribution in [0.3, 0.4) is 0 Å².